The van der Waals surface area contributed by atoms with Gasteiger partial charge in [-0.25, -0.2) is 0 Å². The number of hydrogen-bond acceptors (Lipinski definition) is 2. The third-order valence-corrected chi connectivity index (χ3v) is 2.73. The van der Waals surface area contributed by atoms with Crippen LogP contribution in [0, 0.1) is 11.3 Å². The molecule has 0 spiro atoms. The van der Waals surface area contributed by atoms with Crippen molar-refractivity contribution in [1.29, 1.82) is 0 Å². The zero-order valence-electron chi connectivity index (χ0n) is 10.6. The summed E-state index contributed by atoms with van der Waals surface area (Å²) in [6, 6.07) is 0. The van der Waals surface area contributed by atoms with E-state index in [1.807, 2.05) is 0 Å². The molecule has 0 aromatic rings. The molecule has 2 nitrogen and oxygen atoms in total. The molecule has 0 fully saturated rings. The summed E-state index contributed by atoms with van der Waals surface area (Å²) < 4.78 is 5.16. The van der Waals surface area contributed by atoms with Gasteiger partial charge >= 0.3 is 0 Å². The highest BCUT2D eigenvalue weighted by atomic mass is 35.5. The molecule has 1 aliphatic carbocycles. The zero-order valence-corrected chi connectivity index (χ0v) is 11.4. The van der Waals surface area contributed by atoms with Crippen molar-refractivity contribution in [2.75, 3.05) is 0 Å². The molecule has 0 bridgehead atoms. The number of ether oxygens (including phenoxy) is 1. The maximum absolute atomic E-state index is 5.93. The Morgan fingerprint density at radius 1 is 1.24 bits per heavy atom. The van der Waals surface area contributed by atoms with Crippen LogP contribution in [0.15, 0.2) is 47.6 Å². The van der Waals surface area contributed by atoms with Crippen molar-refractivity contribution in [2.24, 2.45) is 17.1 Å². The van der Waals surface area contributed by atoms with E-state index < -0.39 is 0 Å². The van der Waals surface area contributed by atoms with Crippen LogP contribution in [0.5, 0.6) is 0 Å². The summed E-state index contributed by atoms with van der Waals surface area (Å²) in [5.74, 6) is 0.205. The number of hydrogen-bond donors (Lipinski definition) is 1. The lowest BCUT2D eigenvalue weighted by Gasteiger charge is -2.26. The molecule has 0 saturated heterocycles. The van der Waals surface area contributed by atoms with Gasteiger partial charge in [-0.05, 0) is 11.8 Å². The number of rotatable bonds is 1. The van der Waals surface area contributed by atoms with Crippen molar-refractivity contribution >= 4 is 12.4 Å². The van der Waals surface area contributed by atoms with Gasteiger partial charge in [0.05, 0.1) is 12.0 Å². The third-order valence-electron chi connectivity index (χ3n) is 2.73. The topological polar surface area (TPSA) is 35.2 Å². The normalized spacial score (nSPS) is 22.5. The Kier molecular flexibility index (Phi) is 4.10. The largest absolute Gasteiger partial charge is 0.470 e. The molecule has 1 atom stereocenters. The van der Waals surface area contributed by atoms with E-state index in [9.17, 15) is 0 Å². The highest BCUT2D eigenvalue weighted by molar-refractivity contribution is 5.85. The first-order chi connectivity index (χ1) is 7.46. The molecule has 2 N–H and O–H groups in total. The van der Waals surface area contributed by atoms with E-state index in [4.69, 9.17) is 10.5 Å². The summed E-state index contributed by atoms with van der Waals surface area (Å²) >= 11 is 0. The molecule has 0 amide bonds. The van der Waals surface area contributed by atoms with Gasteiger partial charge in [0.2, 0.25) is 0 Å². The van der Waals surface area contributed by atoms with Crippen LogP contribution < -0.4 is 5.73 Å². The highest BCUT2D eigenvalue weighted by Crippen LogP contribution is 2.33. The smallest absolute Gasteiger partial charge is 0.110 e. The maximum Gasteiger partial charge on any atom is 0.110 e. The molecule has 1 heterocycles. The number of nitrogens with two attached hydrogens (primary N) is 1. The molecule has 1 unspecified atom stereocenters. The predicted octanol–water partition coefficient (Wildman–Crippen LogP) is 3.67. The van der Waals surface area contributed by atoms with Crippen molar-refractivity contribution in [3.8, 4) is 0 Å². The standard InChI is InChI=1S/C14H19NO.ClH/c1-14(2,3)7-10-4-5-11-8-16-9-13(15)12(11)6-10;/h4-6,8-9,12H,7,15H2,1-3H3;1H. The lowest BCUT2D eigenvalue weighted by molar-refractivity contribution is 0.373. The molecular formula is C14H20ClNO. The Labute approximate surface area is 109 Å². The SMILES string of the molecule is CC(C)(C)CC1=CC2C(N)=COC=C2C=C1.Cl. The van der Waals surface area contributed by atoms with Crippen molar-refractivity contribution in [1.82, 2.24) is 0 Å². The third kappa shape index (κ3) is 3.40. The molecule has 0 aromatic carbocycles. The predicted molar refractivity (Wildman–Crippen MR) is 73.5 cm³/mol. The van der Waals surface area contributed by atoms with Gasteiger partial charge in [-0.15, -0.1) is 12.4 Å². The molecule has 0 aromatic heterocycles. The van der Waals surface area contributed by atoms with E-state index in [2.05, 4.69) is 39.0 Å². The van der Waals surface area contributed by atoms with Gasteiger partial charge < -0.3 is 10.5 Å². The summed E-state index contributed by atoms with van der Waals surface area (Å²) in [7, 11) is 0. The summed E-state index contributed by atoms with van der Waals surface area (Å²) in [4.78, 5) is 0. The maximum atomic E-state index is 5.93. The van der Waals surface area contributed by atoms with E-state index in [1.54, 1.807) is 12.5 Å². The first kappa shape index (κ1) is 13.9. The molecular weight excluding hydrogens is 234 g/mol. The fourth-order valence-electron chi connectivity index (χ4n) is 2.07. The van der Waals surface area contributed by atoms with Crippen LogP contribution in [-0.2, 0) is 4.74 Å². The van der Waals surface area contributed by atoms with Gasteiger partial charge in [0.1, 0.15) is 6.26 Å². The second kappa shape index (κ2) is 5.01. The number of halogens is 1. The van der Waals surface area contributed by atoms with Gasteiger partial charge in [-0.1, -0.05) is 44.6 Å². The van der Waals surface area contributed by atoms with Crippen LogP contribution in [0.1, 0.15) is 27.2 Å². The Bertz CT molecular complexity index is 410. The first-order valence-electron chi connectivity index (χ1n) is 5.65. The molecule has 17 heavy (non-hydrogen) atoms. The van der Waals surface area contributed by atoms with Crippen molar-refractivity contribution in [3.05, 3.63) is 47.6 Å². The van der Waals surface area contributed by atoms with E-state index in [0.29, 0.717) is 5.41 Å². The minimum absolute atomic E-state index is 0. The van der Waals surface area contributed by atoms with Crippen LogP contribution in [0.4, 0.5) is 0 Å². The lowest BCUT2D eigenvalue weighted by Crippen LogP contribution is -2.18. The molecule has 2 rings (SSSR count). The second-order valence-corrected chi connectivity index (χ2v) is 5.66. The number of fused-ring (bicyclic) bond motifs is 1. The Morgan fingerprint density at radius 3 is 2.59 bits per heavy atom. The monoisotopic (exact) mass is 253 g/mol. The quantitative estimate of drug-likeness (QED) is 0.774. The van der Waals surface area contributed by atoms with Crippen molar-refractivity contribution in [3.63, 3.8) is 0 Å². The summed E-state index contributed by atoms with van der Waals surface area (Å²) in [6.45, 7) is 6.74. The van der Waals surface area contributed by atoms with Crippen LogP contribution in [0.2, 0.25) is 0 Å². The molecule has 0 radical (unpaired) electrons. The molecule has 0 saturated carbocycles. The minimum atomic E-state index is 0. The highest BCUT2D eigenvalue weighted by Gasteiger charge is 2.22. The van der Waals surface area contributed by atoms with Crippen LogP contribution in [-0.4, -0.2) is 0 Å². The summed E-state index contributed by atoms with van der Waals surface area (Å²) in [5.41, 5.74) is 9.52. The lowest BCUT2D eigenvalue weighted by atomic mass is 9.82. The zero-order chi connectivity index (χ0) is 11.8. The molecule has 2 aliphatic rings. The Morgan fingerprint density at radius 2 is 1.94 bits per heavy atom. The summed E-state index contributed by atoms with van der Waals surface area (Å²) in [5, 5.41) is 0. The fourth-order valence-corrected chi connectivity index (χ4v) is 2.07. The van der Waals surface area contributed by atoms with E-state index in [0.717, 1.165) is 17.7 Å². The Balaban J connectivity index is 0.00000144. The average molecular weight is 254 g/mol. The van der Waals surface area contributed by atoms with Gasteiger partial charge in [-0.3, -0.25) is 0 Å². The van der Waals surface area contributed by atoms with Gasteiger partial charge in [0, 0.05) is 11.5 Å². The van der Waals surface area contributed by atoms with Gasteiger partial charge in [0.25, 0.3) is 0 Å². The molecule has 1 aliphatic heterocycles. The molecule has 3 heteroatoms. The van der Waals surface area contributed by atoms with Gasteiger partial charge in [0.15, 0.2) is 0 Å². The van der Waals surface area contributed by atoms with E-state index in [-0.39, 0.29) is 18.3 Å². The van der Waals surface area contributed by atoms with E-state index >= 15 is 0 Å². The number of allylic oxidation sites excluding steroid dienone is 4. The van der Waals surface area contributed by atoms with Crippen molar-refractivity contribution in [2.45, 2.75) is 27.2 Å². The molecule has 94 valence electrons. The van der Waals surface area contributed by atoms with Gasteiger partial charge in [-0.2, -0.15) is 0 Å². The van der Waals surface area contributed by atoms with Crippen LogP contribution >= 0.6 is 12.4 Å². The first-order valence-corrected chi connectivity index (χ1v) is 5.65. The fraction of sp³-hybridized carbons (Fsp3) is 0.429. The average Bonchev–Trinajstić information content (AvgIpc) is 2.17. The summed E-state index contributed by atoms with van der Waals surface area (Å²) in [6.07, 6.45) is 11.0. The van der Waals surface area contributed by atoms with Crippen molar-refractivity contribution < 1.29 is 4.74 Å². The second-order valence-electron chi connectivity index (χ2n) is 5.66. The van der Waals surface area contributed by atoms with E-state index in [1.165, 1.54) is 5.57 Å². The van der Waals surface area contributed by atoms with Crippen LogP contribution in [0.3, 0.4) is 0 Å². The van der Waals surface area contributed by atoms with Crippen LogP contribution in [0.25, 0.3) is 0 Å². The Hall–Kier alpha value is -1.15. The minimum Gasteiger partial charge on any atom is -0.470 e.